The van der Waals surface area contributed by atoms with E-state index in [2.05, 4.69) is 9.96 Å². The summed E-state index contributed by atoms with van der Waals surface area (Å²) in [7, 11) is 0.504. The van der Waals surface area contributed by atoms with Crippen molar-refractivity contribution in [3.63, 3.8) is 0 Å². The SMILES string of the molecule is CO[SiH](NC1CCCCC1)NC1CCCCC1. The molecule has 0 atom stereocenters. The fraction of sp³-hybridized carbons (Fsp3) is 1.00. The predicted octanol–water partition coefficient (Wildman–Crippen LogP) is 2.19. The Morgan fingerprint density at radius 1 is 0.765 bits per heavy atom. The van der Waals surface area contributed by atoms with Gasteiger partial charge >= 0.3 is 9.36 Å². The normalized spacial score (nSPS) is 24.4. The van der Waals surface area contributed by atoms with E-state index in [1.165, 1.54) is 64.2 Å². The molecular weight excluding hydrogens is 228 g/mol. The van der Waals surface area contributed by atoms with Crippen molar-refractivity contribution in [1.82, 2.24) is 9.96 Å². The lowest BCUT2D eigenvalue weighted by atomic mass is 9.96. The Bertz CT molecular complexity index is 184. The summed E-state index contributed by atoms with van der Waals surface area (Å²) in [5, 5.41) is 0. The summed E-state index contributed by atoms with van der Waals surface area (Å²) in [5.74, 6) is 0. The van der Waals surface area contributed by atoms with Gasteiger partial charge in [0.25, 0.3) is 0 Å². The molecular formula is C13H28N2OSi. The van der Waals surface area contributed by atoms with Gasteiger partial charge in [-0.25, -0.2) is 0 Å². The summed E-state index contributed by atoms with van der Waals surface area (Å²) < 4.78 is 5.67. The number of rotatable bonds is 5. The summed E-state index contributed by atoms with van der Waals surface area (Å²) >= 11 is 0. The highest BCUT2D eigenvalue weighted by atomic mass is 28.3. The quantitative estimate of drug-likeness (QED) is 0.740. The van der Waals surface area contributed by atoms with Crippen LogP contribution in [0.4, 0.5) is 0 Å². The van der Waals surface area contributed by atoms with Crippen LogP contribution in [0.5, 0.6) is 0 Å². The zero-order valence-electron chi connectivity index (χ0n) is 11.2. The minimum atomic E-state index is -1.36. The minimum Gasteiger partial charge on any atom is -0.397 e. The van der Waals surface area contributed by atoms with Gasteiger partial charge in [0.15, 0.2) is 0 Å². The van der Waals surface area contributed by atoms with Crippen molar-refractivity contribution >= 4 is 9.36 Å². The third-order valence-electron chi connectivity index (χ3n) is 4.22. The molecule has 0 saturated heterocycles. The summed E-state index contributed by atoms with van der Waals surface area (Å²) in [6.45, 7) is 0. The van der Waals surface area contributed by atoms with Gasteiger partial charge in [0.05, 0.1) is 0 Å². The lowest BCUT2D eigenvalue weighted by Crippen LogP contribution is -2.57. The molecule has 0 aromatic rings. The van der Waals surface area contributed by atoms with Gasteiger partial charge in [-0.15, -0.1) is 0 Å². The first-order valence-corrected chi connectivity index (χ1v) is 9.06. The lowest BCUT2D eigenvalue weighted by molar-refractivity contribution is 0.329. The number of nitrogens with one attached hydrogen (secondary N) is 2. The van der Waals surface area contributed by atoms with Gasteiger partial charge in [0.1, 0.15) is 0 Å². The second-order valence-electron chi connectivity index (χ2n) is 5.62. The molecule has 2 saturated carbocycles. The van der Waals surface area contributed by atoms with Crippen molar-refractivity contribution in [2.45, 2.75) is 76.3 Å². The van der Waals surface area contributed by atoms with Gasteiger partial charge in [-0.2, -0.15) is 0 Å². The van der Waals surface area contributed by atoms with Gasteiger partial charge < -0.3 is 14.4 Å². The van der Waals surface area contributed by atoms with E-state index in [0.29, 0.717) is 0 Å². The fourth-order valence-electron chi connectivity index (χ4n) is 3.15. The number of hydrogen-bond acceptors (Lipinski definition) is 3. The molecule has 2 N–H and O–H groups in total. The zero-order valence-corrected chi connectivity index (χ0v) is 12.4. The van der Waals surface area contributed by atoms with Crippen molar-refractivity contribution in [3.8, 4) is 0 Å². The molecule has 4 heteroatoms. The van der Waals surface area contributed by atoms with Crippen molar-refractivity contribution in [1.29, 1.82) is 0 Å². The topological polar surface area (TPSA) is 33.3 Å². The summed E-state index contributed by atoms with van der Waals surface area (Å²) in [5.41, 5.74) is 0. The van der Waals surface area contributed by atoms with Gasteiger partial charge in [-0.05, 0) is 25.7 Å². The fourth-order valence-corrected chi connectivity index (χ4v) is 5.04. The molecule has 0 radical (unpaired) electrons. The highest BCUT2D eigenvalue weighted by Crippen LogP contribution is 2.19. The van der Waals surface area contributed by atoms with Gasteiger partial charge in [-0.3, -0.25) is 0 Å². The Morgan fingerprint density at radius 3 is 1.53 bits per heavy atom. The van der Waals surface area contributed by atoms with Crippen LogP contribution in [0.2, 0.25) is 0 Å². The van der Waals surface area contributed by atoms with Crippen molar-refractivity contribution in [2.24, 2.45) is 0 Å². The first kappa shape index (κ1) is 13.5. The maximum absolute atomic E-state index is 5.67. The molecule has 0 unspecified atom stereocenters. The largest absolute Gasteiger partial charge is 0.397 e. The van der Waals surface area contributed by atoms with Crippen molar-refractivity contribution in [3.05, 3.63) is 0 Å². The van der Waals surface area contributed by atoms with Gasteiger partial charge in [0, 0.05) is 19.2 Å². The smallest absolute Gasteiger partial charge is 0.335 e. The van der Waals surface area contributed by atoms with Crippen LogP contribution >= 0.6 is 0 Å². The van der Waals surface area contributed by atoms with E-state index in [1.807, 2.05) is 7.11 Å². The molecule has 0 aliphatic heterocycles. The molecule has 0 spiro atoms. The van der Waals surface area contributed by atoms with Crippen LogP contribution in [0.15, 0.2) is 0 Å². The molecule has 3 nitrogen and oxygen atoms in total. The standard InChI is InChI=1S/C13H28N2OSi/c1-16-17(14-12-8-4-2-5-9-12)15-13-10-6-3-7-11-13/h12-15,17H,2-11H2,1H3. The Labute approximate surface area is 108 Å². The Balaban J connectivity index is 1.71. The van der Waals surface area contributed by atoms with E-state index in [1.54, 1.807) is 0 Å². The first-order valence-electron chi connectivity index (χ1n) is 7.43. The van der Waals surface area contributed by atoms with Crippen molar-refractivity contribution in [2.75, 3.05) is 7.11 Å². The van der Waals surface area contributed by atoms with Crippen LogP contribution in [-0.2, 0) is 4.43 Å². The van der Waals surface area contributed by atoms with E-state index >= 15 is 0 Å². The third kappa shape index (κ3) is 4.70. The Morgan fingerprint density at radius 2 is 1.18 bits per heavy atom. The summed E-state index contributed by atoms with van der Waals surface area (Å²) in [4.78, 5) is 7.52. The molecule has 0 bridgehead atoms. The molecule has 17 heavy (non-hydrogen) atoms. The van der Waals surface area contributed by atoms with Crippen molar-refractivity contribution < 1.29 is 4.43 Å². The predicted molar refractivity (Wildman–Crippen MR) is 74.2 cm³/mol. The van der Waals surface area contributed by atoms with E-state index in [4.69, 9.17) is 4.43 Å². The second kappa shape index (κ2) is 7.51. The Kier molecular flexibility index (Phi) is 5.98. The molecule has 100 valence electrons. The van der Waals surface area contributed by atoms with Crippen LogP contribution in [0.3, 0.4) is 0 Å². The maximum Gasteiger partial charge on any atom is 0.335 e. The van der Waals surface area contributed by atoms with E-state index in [9.17, 15) is 0 Å². The average molecular weight is 256 g/mol. The highest BCUT2D eigenvalue weighted by molar-refractivity contribution is 6.46. The Hall–Kier alpha value is 0.0969. The lowest BCUT2D eigenvalue weighted by Gasteiger charge is -2.31. The zero-order chi connectivity index (χ0) is 11.9. The third-order valence-corrected chi connectivity index (χ3v) is 6.24. The van der Waals surface area contributed by atoms with Crippen LogP contribution in [-0.4, -0.2) is 28.6 Å². The van der Waals surface area contributed by atoms with E-state index in [0.717, 1.165) is 12.1 Å². The molecule has 2 rings (SSSR count). The van der Waals surface area contributed by atoms with Gasteiger partial charge in [-0.1, -0.05) is 38.5 Å². The first-order chi connectivity index (χ1) is 8.38. The van der Waals surface area contributed by atoms with Gasteiger partial charge in [0.2, 0.25) is 0 Å². The molecule has 2 aliphatic carbocycles. The van der Waals surface area contributed by atoms with Crippen LogP contribution in [0.25, 0.3) is 0 Å². The average Bonchev–Trinajstić information content (AvgIpc) is 2.40. The molecule has 2 aliphatic rings. The maximum atomic E-state index is 5.67. The van der Waals surface area contributed by atoms with E-state index in [-0.39, 0.29) is 0 Å². The molecule has 2 fully saturated rings. The summed E-state index contributed by atoms with van der Waals surface area (Å²) in [6.07, 6.45) is 13.8. The molecule has 0 aromatic carbocycles. The van der Waals surface area contributed by atoms with Crippen LogP contribution < -0.4 is 9.96 Å². The highest BCUT2D eigenvalue weighted by Gasteiger charge is 2.23. The van der Waals surface area contributed by atoms with E-state index < -0.39 is 9.36 Å². The second-order valence-corrected chi connectivity index (χ2v) is 7.52. The van der Waals surface area contributed by atoms with Crippen LogP contribution in [0, 0.1) is 0 Å². The van der Waals surface area contributed by atoms with Crippen LogP contribution in [0.1, 0.15) is 64.2 Å². The minimum absolute atomic E-state index is 0.719. The molecule has 0 aromatic heterocycles. The molecule has 0 heterocycles. The monoisotopic (exact) mass is 256 g/mol. The molecule has 0 amide bonds. The summed E-state index contributed by atoms with van der Waals surface area (Å²) in [6, 6.07) is 1.44. The number of hydrogen-bond donors (Lipinski definition) is 2.